The largest absolute Gasteiger partial charge is 0.493 e. The normalized spacial score (nSPS) is 10.8. The summed E-state index contributed by atoms with van der Waals surface area (Å²) in [4.78, 5) is 29.0. The molecule has 1 aromatic heterocycles. The topological polar surface area (TPSA) is 89.9 Å². The number of carbonyl (C=O) groups is 2. The van der Waals surface area contributed by atoms with Crippen molar-refractivity contribution < 1.29 is 19.1 Å². The Morgan fingerprint density at radius 2 is 1.79 bits per heavy atom. The number of methoxy groups -OCH3 is 1. The molecule has 4 aromatic rings. The number of hydrogen-bond acceptors (Lipinski definition) is 6. The van der Waals surface area contributed by atoms with E-state index < -0.39 is 5.97 Å². The highest BCUT2D eigenvalue weighted by molar-refractivity contribution is 6.05. The molecule has 0 fully saturated rings. The van der Waals surface area contributed by atoms with Crippen LogP contribution in [0.5, 0.6) is 11.5 Å². The molecule has 1 amide bonds. The molecular weight excluding hydrogens is 418 g/mol. The fourth-order valence-electron chi connectivity index (χ4n) is 3.24. The van der Waals surface area contributed by atoms with E-state index in [1.165, 1.54) is 19.5 Å². The molecule has 0 spiro atoms. The molecule has 1 heterocycles. The molecule has 7 nitrogen and oxygen atoms in total. The first-order valence-corrected chi connectivity index (χ1v) is 10.2. The van der Waals surface area contributed by atoms with Gasteiger partial charge in [0.1, 0.15) is 0 Å². The van der Waals surface area contributed by atoms with Crippen LogP contribution in [0.25, 0.3) is 10.8 Å². The number of esters is 1. The lowest BCUT2D eigenvalue weighted by atomic mass is 10.0. The van der Waals surface area contributed by atoms with Crippen molar-refractivity contribution in [3.63, 3.8) is 0 Å². The standard InChI is InChI=1S/C26H21N3O4/c1-17-10-12-20(16-27-17)25(30)29-28-15-18-11-13-23(24(14-18)32-2)33-26(31)22-9-5-7-19-6-3-4-8-21(19)22/h3-16H,1-2H3,(H,29,30)/b28-15-. The van der Waals surface area contributed by atoms with E-state index in [4.69, 9.17) is 9.47 Å². The number of carbonyl (C=O) groups excluding carboxylic acids is 2. The predicted molar refractivity (Wildman–Crippen MR) is 126 cm³/mol. The smallest absolute Gasteiger partial charge is 0.344 e. The van der Waals surface area contributed by atoms with Crippen molar-refractivity contribution >= 4 is 28.9 Å². The molecule has 7 heteroatoms. The lowest BCUT2D eigenvalue weighted by Gasteiger charge is -2.11. The van der Waals surface area contributed by atoms with Crippen LogP contribution >= 0.6 is 0 Å². The summed E-state index contributed by atoms with van der Waals surface area (Å²) in [5.41, 5.74) is 4.80. The molecular formula is C26H21N3O4. The van der Waals surface area contributed by atoms with Gasteiger partial charge in [0.25, 0.3) is 5.91 Å². The number of amides is 1. The lowest BCUT2D eigenvalue weighted by molar-refractivity contribution is 0.0731. The number of benzene rings is 3. The summed E-state index contributed by atoms with van der Waals surface area (Å²) in [7, 11) is 1.48. The third-order valence-corrected chi connectivity index (χ3v) is 4.95. The second-order valence-electron chi connectivity index (χ2n) is 7.21. The SMILES string of the molecule is COc1cc(/C=N\NC(=O)c2ccc(C)nc2)ccc1OC(=O)c1cccc2ccccc12. The first-order valence-electron chi connectivity index (χ1n) is 10.2. The lowest BCUT2D eigenvalue weighted by Crippen LogP contribution is -2.17. The number of nitrogens with zero attached hydrogens (tertiary/aromatic N) is 2. The number of ether oxygens (including phenoxy) is 2. The maximum absolute atomic E-state index is 12.8. The first-order chi connectivity index (χ1) is 16.0. The Labute approximate surface area is 190 Å². The minimum absolute atomic E-state index is 0.280. The van der Waals surface area contributed by atoms with Gasteiger partial charge in [-0.15, -0.1) is 0 Å². The minimum atomic E-state index is -0.481. The molecule has 3 aromatic carbocycles. The fraction of sp³-hybridized carbons (Fsp3) is 0.0769. The molecule has 1 N–H and O–H groups in total. The molecule has 0 bridgehead atoms. The number of fused-ring (bicyclic) bond motifs is 1. The van der Waals surface area contributed by atoms with Gasteiger partial charge in [-0.3, -0.25) is 9.78 Å². The molecule has 0 atom stereocenters. The average Bonchev–Trinajstić information content (AvgIpc) is 2.84. The van der Waals surface area contributed by atoms with Gasteiger partial charge < -0.3 is 9.47 Å². The summed E-state index contributed by atoms with van der Waals surface area (Å²) in [6.45, 7) is 1.84. The number of nitrogens with one attached hydrogen (secondary N) is 1. The molecule has 0 aliphatic heterocycles. The van der Waals surface area contributed by atoms with Crippen molar-refractivity contribution in [1.29, 1.82) is 0 Å². The van der Waals surface area contributed by atoms with Gasteiger partial charge in [0.05, 0.1) is 24.5 Å². The second kappa shape index (κ2) is 9.74. The third kappa shape index (κ3) is 5.04. The number of pyridine rings is 1. The van der Waals surface area contributed by atoms with E-state index in [1.807, 2.05) is 43.3 Å². The molecule has 0 aliphatic carbocycles. The van der Waals surface area contributed by atoms with Gasteiger partial charge in [-0.2, -0.15) is 5.10 Å². The van der Waals surface area contributed by atoms with Crippen LogP contribution in [-0.4, -0.2) is 30.2 Å². The van der Waals surface area contributed by atoms with Gasteiger partial charge >= 0.3 is 5.97 Å². The van der Waals surface area contributed by atoms with Crippen molar-refractivity contribution in [1.82, 2.24) is 10.4 Å². The van der Waals surface area contributed by atoms with Crippen LogP contribution in [0.4, 0.5) is 0 Å². The van der Waals surface area contributed by atoms with E-state index in [9.17, 15) is 9.59 Å². The molecule has 164 valence electrons. The van der Waals surface area contributed by atoms with E-state index in [2.05, 4.69) is 15.5 Å². The Bertz CT molecular complexity index is 1340. The molecule has 0 radical (unpaired) electrons. The third-order valence-electron chi connectivity index (χ3n) is 4.95. The highest BCUT2D eigenvalue weighted by Gasteiger charge is 2.15. The fourth-order valence-corrected chi connectivity index (χ4v) is 3.24. The van der Waals surface area contributed by atoms with Gasteiger partial charge in [-0.1, -0.05) is 36.4 Å². The average molecular weight is 439 g/mol. The molecule has 0 saturated heterocycles. The zero-order valence-electron chi connectivity index (χ0n) is 18.1. The van der Waals surface area contributed by atoms with Gasteiger partial charge in [0, 0.05) is 11.9 Å². The second-order valence-corrected chi connectivity index (χ2v) is 7.21. The summed E-state index contributed by atoms with van der Waals surface area (Å²) >= 11 is 0. The van der Waals surface area contributed by atoms with E-state index in [1.54, 1.807) is 36.4 Å². The quantitative estimate of drug-likeness (QED) is 0.206. The molecule has 4 rings (SSSR count). The molecule has 0 saturated carbocycles. The summed E-state index contributed by atoms with van der Waals surface area (Å²) < 4.78 is 11.0. The number of hydrogen-bond donors (Lipinski definition) is 1. The van der Waals surface area contributed by atoms with Crippen molar-refractivity contribution in [3.05, 3.63) is 101 Å². The van der Waals surface area contributed by atoms with Gasteiger partial charge in [-0.05, 0) is 59.7 Å². The van der Waals surface area contributed by atoms with Crippen molar-refractivity contribution in [3.8, 4) is 11.5 Å². The van der Waals surface area contributed by atoms with Crippen LogP contribution in [0.1, 0.15) is 32.0 Å². The van der Waals surface area contributed by atoms with Crippen LogP contribution < -0.4 is 14.9 Å². The first kappa shape index (κ1) is 21.7. The number of rotatable bonds is 6. The number of aryl methyl sites for hydroxylation is 1. The highest BCUT2D eigenvalue weighted by atomic mass is 16.6. The van der Waals surface area contributed by atoms with Crippen LogP contribution in [0.3, 0.4) is 0 Å². The molecule has 0 aliphatic rings. The van der Waals surface area contributed by atoms with E-state index >= 15 is 0 Å². The van der Waals surface area contributed by atoms with E-state index in [-0.39, 0.29) is 11.7 Å². The van der Waals surface area contributed by atoms with Crippen molar-refractivity contribution in [2.24, 2.45) is 5.10 Å². The van der Waals surface area contributed by atoms with Crippen molar-refractivity contribution in [2.45, 2.75) is 6.92 Å². The van der Waals surface area contributed by atoms with Gasteiger partial charge in [0.2, 0.25) is 0 Å². The molecule has 0 unspecified atom stereocenters. The van der Waals surface area contributed by atoms with E-state index in [0.717, 1.165) is 16.5 Å². The number of aromatic nitrogens is 1. The summed E-state index contributed by atoms with van der Waals surface area (Å²) in [5, 5.41) is 5.74. The minimum Gasteiger partial charge on any atom is -0.493 e. The summed E-state index contributed by atoms with van der Waals surface area (Å²) in [5.74, 6) is -0.208. The maximum Gasteiger partial charge on any atom is 0.344 e. The van der Waals surface area contributed by atoms with Crippen LogP contribution in [-0.2, 0) is 0 Å². The highest BCUT2D eigenvalue weighted by Crippen LogP contribution is 2.29. The van der Waals surface area contributed by atoms with Crippen molar-refractivity contribution in [2.75, 3.05) is 7.11 Å². The Balaban J connectivity index is 1.47. The molecule has 33 heavy (non-hydrogen) atoms. The Hall–Kier alpha value is -4.52. The summed E-state index contributed by atoms with van der Waals surface area (Å²) in [6.07, 6.45) is 2.96. The Morgan fingerprint density at radius 1 is 0.970 bits per heavy atom. The zero-order chi connectivity index (χ0) is 23.2. The Morgan fingerprint density at radius 3 is 2.58 bits per heavy atom. The predicted octanol–water partition coefficient (Wildman–Crippen LogP) is 4.53. The van der Waals surface area contributed by atoms with E-state index in [0.29, 0.717) is 22.4 Å². The zero-order valence-corrected chi connectivity index (χ0v) is 18.1. The maximum atomic E-state index is 12.8. The van der Waals surface area contributed by atoms with Crippen LogP contribution in [0, 0.1) is 6.92 Å². The van der Waals surface area contributed by atoms with Crippen LogP contribution in [0.2, 0.25) is 0 Å². The van der Waals surface area contributed by atoms with Gasteiger partial charge in [-0.25, -0.2) is 10.2 Å². The summed E-state index contributed by atoms with van der Waals surface area (Å²) in [6, 6.07) is 21.5. The Kier molecular flexibility index (Phi) is 6.40. The van der Waals surface area contributed by atoms with Gasteiger partial charge in [0.15, 0.2) is 11.5 Å². The monoisotopic (exact) mass is 439 g/mol. The van der Waals surface area contributed by atoms with Crippen LogP contribution in [0.15, 0.2) is 84.1 Å². The number of hydrazone groups is 1.